The molecule has 1 unspecified atom stereocenters. The first-order valence-corrected chi connectivity index (χ1v) is 11.7. The van der Waals surface area contributed by atoms with Crippen molar-refractivity contribution in [3.05, 3.63) is 33.4 Å². The maximum atomic E-state index is 14.3. The molecule has 1 aliphatic carbocycles. The SMILES string of the molecule is CCOC(=O)Nc1c(C2(C(=O)O)CC2(F)F)c(C#N)nn1-c1c(Cl)cc(S(F)(F)(F)(F)F)cc1Cl. The van der Waals surface area contributed by atoms with E-state index in [0.29, 0.717) is 4.68 Å². The molecular weight excluding hydrogens is 560 g/mol. The van der Waals surface area contributed by atoms with Gasteiger partial charge in [-0.1, -0.05) is 42.6 Å². The van der Waals surface area contributed by atoms with Crippen LogP contribution in [0.2, 0.25) is 10.0 Å². The van der Waals surface area contributed by atoms with Crippen LogP contribution in [0.5, 0.6) is 0 Å². The summed E-state index contributed by atoms with van der Waals surface area (Å²) in [6.07, 6.45) is -2.68. The van der Waals surface area contributed by atoms with Gasteiger partial charge in [0.05, 0.1) is 22.2 Å². The largest absolute Gasteiger partial charge is 0.480 e. The first-order valence-electron chi connectivity index (χ1n) is 9.02. The average Bonchev–Trinajstić information content (AvgIpc) is 3.09. The molecule has 1 amide bonds. The van der Waals surface area contributed by atoms with E-state index < -0.39 is 77.7 Å². The summed E-state index contributed by atoms with van der Waals surface area (Å²) in [7, 11) is -10.3. The van der Waals surface area contributed by atoms with Crippen molar-refractivity contribution in [3.63, 3.8) is 0 Å². The van der Waals surface area contributed by atoms with Crippen LogP contribution in [-0.4, -0.2) is 39.5 Å². The topological polar surface area (TPSA) is 117 Å². The summed E-state index contributed by atoms with van der Waals surface area (Å²) in [4.78, 5) is 21.4. The van der Waals surface area contributed by atoms with Gasteiger partial charge in [0.1, 0.15) is 22.5 Å². The molecule has 0 radical (unpaired) electrons. The number of carbonyl (C=O) groups is 2. The minimum atomic E-state index is -10.3. The van der Waals surface area contributed by atoms with Crippen LogP contribution in [-0.2, 0) is 14.9 Å². The second-order valence-corrected chi connectivity index (χ2v) is 10.5. The van der Waals surface area contributed by atoms with E-state index in [1.54, 1.807) is 0 Å². The van der Waals surface area contributed by atoms with Crippen molar-refractivity contribution in [2.45, 2.75) is 29.6 Å². The number of hydrogen-bond acceptors (Lipinski definition) is 5. The van der Waals surface area contributed by atoms with Gasteiger partial charge >= 0.3 is 22.3 Å². The molecule has 0 saturated heterocycles. The number of benzene rings is 1. The first kappa shape index (κ1) is 26.7. The minimum Gasteiger partial charge on any atom is -0.480 e. The lowest BCUT2D eigenvalue weighted by atomic mass is 9.94. The zero-order chi connectivity index (χ0) is 26.8. The van der Waals surface area contributed by atoms with Crippen LogP contribution in [0.1, 0.15) is 24.6 Å². The van der Waals surface area contributed by atoms with Gasteiger partial charge in [0.25, 0.3) is 5.92 Å². The molecule has 0 spiro atoms. The van der Waals surface area contributed by atoms with Gasteiger partial charge in [-0.2, -0.15) is 10.4 Å². The molecule has 192 valence electrons. The third kappa shape index (κ3) is 4.43. The summed E-state index contributed by atoms with van der Waals surface area (Å²) in [5, 5.41) is 22.1. The normalized spacial score (nSPS) is 20.8. The number of nitrogens with zero attached hydrogens (tertiary/aromatic N) is 3. The summed E-state index contributed by atoms with van der Waals surface area (Å²) < 4.78 is 99.6. The molecule has 18 heteroatoms. The average molecular weight is 571 g/mol. The molecule has 1 aromatic heterocycles. The predicted molar refractivity (Wildman–Crippen MR) is 109 cm³/mol. The Morgan fingerprint density at radius 2 is 1.77 bits per heavy atom. The Hall–Kier alpha value is -2.90. The Morgan fingerprint density at radius 1 is 1.26 bits per heavy atom. The van der Waals surface area contributed by atoms with Gasteiger partial charge in [-0.15, -0.1) is 0 Å². The van der Waals surface area contributed by atoms with Crippen molar-refractivity contribution in [3.8, 4) is 11.8 Å². The standard InChI is InChI=1S/C17H11Cl2F7N4O4S/c1-2-34-15(33)28-13-11(16(14(31)32)6-17(16,20)21)10(5-27)29-30(13)12-8(18)3-7(4-9(12)19)35(22,23,24,25)26/h3-4H,2,6H2,1H3,(H,28,33)(H,31,32). The van der Waals surface area contributed by atoms with E-state index in [1.807, 2.05) is 5.32 Å². The molecule has 1 heterocycles. The number of nitriles is 1. The summed E-state index contributed by atoms with van der Waals surface area (Å²) in [6, 6.07) is 0.920. The van der Waals surface area contributed by atoms with Gasteiger partial charge in [-0.25, -0.2) is 18.3 Å². The first-order chi connectivity index (χ1) is 15.7. The van der Waals surface area contributed by atoms with Gasteiger partial charge in [-0.05, 0) is 19.1 Å². The Balaban J connectivity index is 2.38. The number of carboxylic acid groups (broad SMARTS) is 1. The highest BCUT2D eigenvalue weighted by molar-refractivity contribution is 8.45. The molecule has 1 atom stereocenters. The number of alkyl halides is 2. The van der Waals surface area contributed by atoms with Crippen LogP contribution in [0.3, 0.4) is 0 Å². The molecule has 1 aromatic carbocycles. The van der Waals surface area contributed by atoms with Crippen LogP contribution in [0.15, 0.2) is 17.0 Å². The van der Waals surface area contributed by atoms with Crippen molar-refractivity contribution in [1.82, 2.24) is 9.78 Å². The number of aliphatic carboxylic acids is 1. The number of hydrogen-bond donors (Lipinski definition) is 2. The number of rotatable bonds is 6. The number of amides is 1. The van der Waals surface area contributed by atoms with E-state index in [9.17, 15) is 48.2 Å². The highest BCUT2D eigenvalue weighted by atomic mass is 35.5. The second kappa shape index (κ2) is 7.31. The summed E-state index contributed by atoms with van der Waals surface area (Å²) >= 11 is 11.5. The summed E-state index contributed by atoms with van der Waals surface area (Å²) in [5.74, 6) is -6.99. The van der Waals surface area contributed by atoms with E-state index in [0.717, 1.165) is 0 Å². The lowest BCUT2D eigenvalue weighted by molar-refractivity contribution is -0.142. The van der Waals surface area contributed by atoms with Crippen LogP contribution < -0.4 is 5.32 Å². The highest BCUT2D eigenvalue weighted by Crippen LogP contribution is 3.02. The summed E-state index contributed by atoms with van der Waals surface area (Å²) in [5.41, 5.74) is -5.92. The molecule has 2 N–H and O–H groups in total. The van der Waals surface area contributed by atoms with Gasteiger partial charge in [-0.3, -0.25) is 10.1 Å². The minimum absolute atomic E-state index is 0.218. The number of ether oxygens (including phenoxy) is 1. The van der Waals surface area contributed by atoms with Crippen LogP contribution in [0.4, 0.5) is 38.8 Å². The van der Waals surface area contributed by atoms with Gasteiger partial charge in [0.2, 0.25) is 0 Å². The molecule has 2 aromatic rings. The second-order valence-electron chi connectivity index (χ2n) is 7.24. The van der Waals surface area contributed by atoms with E-state index in [-0.39, 0.29) is 18.7 Å². The Morgan fingerprint density at radius 3 is 2.14 bits per heavy atom. The highest BCUT2D eigenvalue weighted by Gasteiger charge is 2.79. The third-order valence-corrected chi connectivity index (χ3v) is 6.62. The molecule has 0 aliphatic heterocycles. The monoisotopic (exact) mass is 570 g/mol. The van der Waals surface area contributed by atoms with Crippen LogP contribution in [0, 0.1) is 11.3 Å². The number of carbonyl (C=O) groups excluding carboxylic acids is 1. The fourth-order valence-electron chi connectivity index (χ4n) is 3.31. The maximum absolute atomic E-state index is 14.3. The Labute approximate surface area is 200 Å². The number of halogens is 9. The van der Waals surface area contributed by atoms with Crippen molar-refractivity contribution in [2.75, 3.05) is 11.9 Å². The number of aromatic nitrogens is 2. The summed E-state index contributed by atoms with van der Waals surface area (Å²) in [6.45, 7) is 1.08. The molecule has 0 bridgehead atoms. The Bertz CT molecular complexity index is 1300. The van der Waals surface area contributed by atoms with Crippen molar-refractivity contribution in [2.24, 2.45) is 0 Å². The van der Waals surface area contributed by atoms with Gasteiger partial charge in [0.15, 0.2) is 11.1 Å². The lowest BCUT2D eigenvalue weighted by Gasteiger charge is -2.40. The number of nitrogens with one attached hydrogen (secondary N) is 1. The molecule has 1 saturated carbocycles. The predicted octanol–water partition coefficient (Wildman–Crippen LogP) is 6.64. The lowest BCUT2D eigenvalue weighted by Crippen LogP contribution is -2.29. The zero-order valence-corrected chi connectivity index (χ0v) is 19.2. The van der Waals surface area contributed by atoms with E-state index in [4.69, 9.17) is 23.2 Å². The van der Waals surface area contributed by atoms with E-state index in [2.05, 4.69) is 9.84 Å². The fourth-order valence-corrected chi connectivity index (χ4v) is 4.77. The molecule has 35 heavy (non-hydrogen) atoms. The fraction of sp³-hybridized carbons (Fsp3) is 0.294. The van der Waals surface area contributed by atoms with Crippen molar-refractivity contribution < 1.29 is 47.6 Å². The quantitative estimate of drug-likeness (QED) is 0.376. The molecule has 1 fully saturated rings. The maximum Gasteiger partial charge on any atom is 0.412 e. The van der Waals surface area contributed by atoms with Crippen LogP contribution >= 0.6 is 33.4 Å². The number of carboxylic acids is 1. The molecular formula is C17H11Cl2F7N4O4S. The van der Waals surface area contributed by atoms with Crippen molar-refractivity contribution >= 4 is 51.3 Å². The zero-order valence-electron chi connectivity index (χ0n) is 16.9. The molecule has 8 nitrogen and oxygen atoms in total. The Kier molecular flexibility index (Phi) is 5.57. The van der Waals surface area contributed by atoms with E-state index in [1.165, 1.54) is 13.0 Å². The van der Waals surface area contributed by atoms with Crippen LogP contribution in [0.25, 0.3) is 5.69 Å². The number of anilines is 1. The molecule has 3 rings (SSSR count). The smallest absolute Gasteiger partial charge is 0.412 e. The third-order valence-electron chi connectivity index (χ3n) is 4.91. The van der Waals surface area contributed by atoms with Gasteiger partial charge in [0, 0.05) is 6.42 Å². The van der Waals surface area contributed by atoms with E-state index >= 15 is 0 Å². The van der Waals surface area contributed by atoms with Crippen molar-refractivity contribution in [1.29, 1.82) is 5.26 Å². The van der Waals surface area contributed by atoms with Gasteiger partial charge < -0.3 is 9.84 Å². The molecule has 1 aliphatic rings.